The number of carbonyl (C=O) groups excluding carboxylic acids is 1. The smallest absolute Gasteiger partial charge is 0.220 e. The number of nitrogens with one attached hydrogen (secondary N) is 1. The lowest BCUT2D eigenvalue weighted by atomic mass is 9.99. The molecule has 0 aromatic heterocycles. The first-order chi connectivity index (χ1) is 25.3. The van der Waals surface area contributed by atoms with Crippen molar-refractivity contribution in [2.75, 3.05) is 13.2 Å². The second kappa shape index (κ2) is 33.5. The molecule has 52 heavy (non-hydrogen) atoms. The standard InChI is InChI=1S/C43H75NO8/c1-3-5-7-9-11-13-14-15-16-17-18-19-20-21-22-23-24-25-27-29-31-33-39(47)44-36(37(46)32-30-28-26-12-10-8-6-4-2)35-51-43-42(50)41(49)40(48)38(34-45)52-43/h5,7,11,13,15-16,18-19,21-22,36-38,40-43,45-46,48-50H,3-4,6,8-10,12,14,17,20,23-35H2,1-2H3,(H,44,47)/b7-5-,13-11-,16-15-,19-18-,22-21-. The van der Waals surface area contributed by atoms with E-state index in [1.54, 1.807) is 0 Å². The topological polar surface area (TPSA) is 149 Å². The fourth-order valence-electron chi connectivity index (χ4n) is 6.07. The summed E-state index contributed by atoms with van der Waals surface area (Å²) in [6.45, 7) is 3.64. The van der Waals surface area contributed by atoms with Gasteiger partial charge in [-0.05, 0) is 57.8 Å². The van der Waals surface area contributed by atoms with Crippen LogP contribution >= 0.6 is 0 Å². The van der Waals surface area contributed by atoms with E-state index in [1.165, 1.54) is 32.1 Å². The van der Waals surface area contributed by atoms with Crippen molar-refractivity contribution in [1.82, 2.24) is 5.32 Å². The molecule has 1 aliphatic rings. The number of unbranched alkanes of at least 4 members (excludes halogenated alkanes) is 12. The van der Waals surface area contributed by atoms with E-state index in [0.717, 1.165) is 89.9 Å². The first-order valence-electron chi connectivity index (χ1n) is 20.5. The molecule has 300 valence electrons. The maximum absolute atomic E-state index is 12.9. The Hall–Kier alpha value is -2.11. The summed E-state index contributed by atoms with van der Waals surface area (Å²) in [5, 5.41) is 54.0. The van der Waals surface area contributed by atoms with Crippen LogP contribution in [0, 0.1) is 0 Å². The van der Waals surface area contributed by atoms with E-state index < -0.39 is 49.5 Å². The minimum atomic E-state index is -1.56. The van der Waals surface area contributed by atoms with Gasteiger partial charge in [-0.2, -0.15) is 0 Å². The molecule has 1 fully saturated rings. The zero-order chi connectivity index (χ0) is 38.1. The summed E-state index contributed by atoms with van der Waals surface area (Å²) in [5.74, 6) is -0.170. The molecule has 0 aliphatic carbocycles. The first-order valence-corrected chi connectivity index (χ1v) is 20.5. The third kappa shape index (κ3) is 24.3. The van der Waals surface area contributed by atoms with Crippen LogP contribution in [0.4, 0.5) is 0 Å². The van der Waals surface area contributed by atoms with Gasteiger partial charge in [-0.1, -0.05) is 145 Å². The van der Waals surface area contributed by atoms with E-state index >= 15 is 0 Å². The van der Waals surface area contributed by atoms with E-state index in [1.807, 2.05) is 0 Å². The summed E-state index contributed by atoms with van der Waals surface area (Å²) in [5.41, 5.74) is 0. The van der Waals surface area contributed by atoms with Crippen molar-refractivity contribution >= 4 is 5.91 Å². The van der Waals surface area contributed by atoms with Gasteiger partial charge in [-0.25, -0.2) is 0 Å². The first kappa shape index (κ1) is 47.9. The third-order valence-electron chi connectivity index (χ3n) is 9.39. The van der Waals surface area contributed by atoms with Crippen LogP contribution in [0.15, 0.2) is 60.8 Å². The molecule has 1 amide bonds. The molecule has 9 heteroatoms. The van der Waals surface area contributed by atoms with E-state index in [0.29, 0.717) is 12.8 Å². The Morgan fingerprint density at radius 2 is 1.19 bits per heavy atom. The highest BCUT2D eigenvalue weighted by Crippen LogP contribution is 2.23. The molecule has 0 aromatic carbocycles. The average Bonchev–Trinajstić information content (AvgIpc) is 3.14. The molecule has 0 spiro atoms. The van der Waals surface area contributed by atoms with Crippen LogP contribution in [0.25, 0.3) is 0 Å². The van der Waals surface area contributed by atoms with Crippen LogP contribution in [0.1, 0.15) is 149 Å². The van der Waals surface area contributed by atoms with Crippen LogP contribution in [0.3, 0.4) is 0 Å². The lowest BCUT2D eigenvalue weighted by molar-refractivity contribution is -0.302. The van der Waals surface area contributed by atoms with Crippen LogP contribution in [0.2, 0.25) is 0 Å². The maximum atomic E-state index is 12.9. The minimum absolute atomic E-state index is 0.150. The number of hydrogen-bond acceptors (Lipinski definition) is 8. The van der Waals surface area contributed by atoms with E-state index in [-0.39, 0.29) is 12.5 Å². The molecule has 1 saturated heterocycles. The third-order valence-corrected chi connectivity index (χ3v) is 9.39. The number of aliphatic hydroxyl groups excluding tert-OH is 5. The molecule has 7 atom stereocenters. The minimum Gasteiger partial charge on any atom is -0.394 e. The summed E-state index contributed by atoms with van der Waals surface area (Å²) in [6, 6.07) is -0.729. The maximum Gasteiger partial charge on any atom is 0.220 e. The zero-order valence-electron chi connectivity index (χ0n) is 32.5. The van der Waals surface area contributed by atoms with Crippen LogP contribution in [0.5, 0.6) is 0 Å². The highest BCUT2D eigenvalue weighted by molar-refractivity contribution is 5.76. The van der Waals surface area contributed by atoms with Gasteiger partial charge in [0.15, 0.2) is 6.29 Å². The summed E-state index contributed by atoms with van der Waals surface area (Å²) in [7, 11) is 0. The number of aliphatic hydroxyl groups is 5. The number of ether oxygens (including phenoxy) is 2. The second-order valence-electron chi connectivity index (χ2n) is 14.1. The lowest BCUT2D eigenvalue weighted by Crippen LogP contribution is -2.60. The monoisotopic (exact) mass is 734 g/mol. The number of carbonyl (C=O) groups is 1. The Labute approximate surface area is 316 Å². The molecular weight excluding hydrogens is 658 g/mol. The molecule has 0 aromatic rings. The molecule has 1 heterocycles. The normalized spacial score (nSPS) is 22.5. The quantitative estimate of drug-likeness (QED) is 0.0305. The molecular formula is C43H75NO8. The van der Waals surface area contributed by atoms with Gasteiger partial charge in [0.25, 0.3) is 0 Å². The van der Waals surface area contributed by atoms with Crippen LogP contribution in [-0.4, -0.2) is 87.5 Å². The average molecular weight is 734 g/mol. The summed E-state index contributed by atoms with van der Waals surface area (Å²) < 4.78 is 11.2. The molecule has 0 radical (unpaired) electrons. The van der Waals surface area contributed by atoms with E-state index in [2.05, 4.69) is 79.9 Å². The van der Waals surface area contributed by atoms with Gasteiger partial charge >= 0.3 is 0 Å². The fraction of sp³-hybridized carbons (Fsp3) is 0.744. The van der Waals surface area contributed by atoms with Gasteiger partial charge < -0.3 is 40.3 Å². The predicted octanol–water partition coefficient (Wildman–Crippen LogP) is 7.66. The second-order valence-corrected chi connectivity index (χ2v) is 14.1. The van der Waals surface area contributed by atoms with Crippen molar-refractivity contribution in [1.29, 1.82) is 0 Å². The Balaban J connectivity index is 2.33. The number of allylic oxidation sites excluding steroid dienone is 10. The molecule has 0 saturated carbocycles. The Morgan fingerprint density at radius 3 is 1.77 bits per heavy atom. The van der Waals surface area contributed by atoms with Gasteiger partial charge in [0.2, 0.25) is 5.91 Å². The van der Waals surface area contributed by atoms with Crippen molar-refractivity contribution in [2.45, 2.75) is 192 Å². The van der Waals surface area contributed by atoms with E-state index in [4.69, 9.17) is 9.47 Å². The largest absolute Gasteiger partial charge is 0.394 e. The number of hydrogen-bond donors (Lipinski definition) is 6. The van der Waals surface area contributed by atoms with Crippen molar-refractivity contribution in [3.63, 3.8) is 0 Å². The SMILES string of the molecule is CC/C=C\C/C=C\C/C=C\C/C=C\C/C=C\CCCCCCCC(=O)NC(COC1OC(CO)C(O)C(O)C1O)C(O)CCCCCCCCCC. The zero-order valence-corrected chi connectivity index (χ0v) is 32.5. The van der Waals surface area contributed by atoms with E-state index in [9.17, 15) is 30.3 Å². The van der Waals surface area contributed by atoms with Gasteiger partial charge in [0.1, 0.15) is 24.4 Å². The van der Waals surface area contributed by atoms with Gasteiger partial charge in [0.05, 0.1) is 25.4 Å². The molecule has 0 bridgehead atoms. The number of amides is 1. The van der Waals surface area contributed by atoms with Crippen molar-refractivity contribution in [3.05, 3.63) is 60.8 Å². The summed E-state index contributed by atoms with van der Waals surface area (Å²) in [6.07, 6.45) is 35.2. The van der Waals surface area contributed by atoms with Gasteiger partial charge in [-0.3, -0.25) is 4.79 Å². The van der Waals surface area contributed by atoms with Gasteiger partial charge in [0, 0.05) is 6.42 Å². The molecule has 1 rings (SSSR count). The highest BCUT2D eigenvalue weighted by atomic mass is 16.7. The molecule has 9 nitrogen and oxygen atoms in total. The fourth-order valence-corrected chi connectivity index (χ4v) is 6.07. The predicted molar refractivity (Wildman–Crippen MR) is 212 cm³/mol. The van der Waals surface area contributed by atoms with Crippen molar-refractivity contribution in [3.8, 4) is 0 Å². The lowest BCUT2D eigenvalue weighted by Gasteiger charge is -2.40. The Morgan fingerprint density at radius 1 is 0.673 bits per heavy atom. The van der Waals surface area contributed by atoms with Crippen molar-refractivity contribution in [2.24, 2.45) is 0 Å². The molecule has 1 aliphatic heterocycles. The highest BCUT2D eigenvalue weighted by Gasteiger charge is 2.44. The Kier molecular flexibility index (Phi) is 30.8. The van der Waals surface area contributed by atoms with Crippen LogP contribution < -0.4 is 5.32 Å². The summed E-state index contributed by atoms with van der Waals surface area (Å²) in [4.78, 5) is 12.9. The number of rotatable bonds is 32. The molecule has 7 unspecified atom stereocenters. The summed E-state index contributed by atoms with van der Waals surface area (Å²) >= 11 is 0. The van der Waals surface area contributed by atoms with Crippen molar-refractivity contribution < 1.29 is 39.8 Å². The van der Waals surface area contributed by atoms with Gasteiger partial charge in [-0.15, -0.1) is 0 Å². The Bertz CT molecular complexity index is 994. The van der Waals surface area contributed by atoms with Crippen LogP contribution in [-0.2, 0) is 14.3 Å². The molecule has 6 N–H and O–H groups in total.